The average molecular weight is 331 g/mol. The molecule has 0 aliphatic rings. The molecule has 3 aromatic rings. The van der Waals surface area contributed by atoms with E-state index in [1.165, 1.54) is 24.3 Å². The first-order valence-electron chi connectivity index (χ1n) is 7.38. The van der Waals surface area contributed by atoms with E-state index in [1.807, 2.05) is 6.92 Å². The van der Waals surface area contributed by atoms with Gasteiger partial charge in [-0.1, -0.05) is 6.07 Å². The molecule has 0 fully saturated rings. The lowest BCUT2D eigenvalue weighted by Crippen LogP contribution is -2.19. The zero-order valence-corrected chi connectivity index (χ0v) is 12.8. The third-order valence-electron chi connectivity index (χ3n) is 3.86. The predicted molar refractivity (Wildman–Crippen MR) is 85.8 cm³/mol. The van der Waals surface area contributed by atoms with Crippen LogP contribution < -0.4 is 10.9 Å². The molecule has 124 valence electrons. The van der Waals surface area contributed by atoms with E-state index in [1.54, 1.807) is 6.07 Å². The van der Waals surface area contributed by atoms with E-state index in [-0.39, 0.29) is 11.8 Å². The van der Waals surface area contributed by atoms with Gasteiger partial charge in [-0.3, -0.25) is 0 Å². The molecule has 1 aromatic heterocycles. The molecular formula is C18H15F2NO3. The Bertz CT molecular complexity index is 953. The second kappa shape index (κ2) is 6.41. The topological polar surface area (TPSA) is 62.5 Å². The highest BCUT2D eigenvalue weighted by atomic mass is 19.2. The van der Waals surface area contributed by atoms with Crippen LogP contribution in [-0.4, -0.2) is 5.11 Å². The van der Waals surface area contributed by atoms with Crippen molar-refractivity contribution in [2.75, 3.05) is 0 Å². The SMILES string of the molecule is C[C@H](NCc1cc(=O)oc2cc(O)ccc12)c1ccc(F)c(F)c1. The molecule has 0 aliphatic carbocycles. The van der Waals surface area contributed by atoms with Crippen molar-refractivity contribution < 1.29 is 18.3 Å². The Morgan fingerprint density at radius 1 is 1.12 bits per heavy atom. The van der Waals surface area contributed by atoms with Crippen LogP contribution in [0.2, 0.25) is 0 Å². The monoisotopic (exact) mass is 331 g/mol. The highest BCUT2D eigenvalue weighted by Crippen LogP contribution is 2.23. The lowest BCUT2D eigenvalue weighted by Gasteiger charge is -2.15. The molecule has 0 amide bonds. The number of nitrogens with one attached hydrogen (secondary N) is 1. The molecule has 2 aromatic carbocycles. The summed E-state index contributed by atoms with van der Waals surface area (Å²) in [6.07, 6.45) is 0. The van der Waals surface area contributed by atoms with E-state index < -0.39 is 17.3 Å². The van der Waals surface area contributed by atoms with Gasteiger partial charge in [0, 0.05) is 30.1 Å². The number of phenols is 1. The molecule has 0 spiro atoms. The average Bonchev–Trinajstić information content (AvgIpc) is 2.54. The molecule has 3 rings (SSSR count). The van der Waals surface area contributed by atoms with Gasteiger partial charge in [0.25, 0.3) is 0 Å². The van der Waals surface area contributed by atoms with Crippen molar-refractivity contribution in [3.63, 3.8) is 0 Å². The van der Waals surface area contributed by atoms with Crippen LogP contribution in [0, 0.1) is 11.6 Å². The van der Waals surface area contributed by atoms with Crippen LogP contribution in [0.5, 0.6) is 5.75 Å². The van der Waals surface area contributed by atoms with E-state index >= 15 is 0 Å². The Morgan fingerprint density at radius 2 is 1.92 bits per heavy atom. The zero-order valence-electron chi connectivity index (χ0n) is 12.8. The number of fused-ring (bicyclic) bond motifs is 1. The smallest absolute Gasteiger partial charge is 0.336 e. The second-order valence-electron chi connectivity index (χ2n) is 5.55. The summed E-state index contributed by atoms with van der Waals surface area (Å²) in [5, 5.41) is 13.3. The van der Waals surface area contributed by atoms with Crippen LogP contribution in [-0.2, 0) is 6.54 Å². The molecule has 0 bridgehead atoms. The number of hydrogen-bond acceptors (Lipinski definition) is 4. The summed E-state index contributed by atoms with van der Waals surface area (Å²) in [7, 11) is 0. The van der Waals surface area contributed by atoms with Crippen molar-refractivity contribution in [2.45, 2.75) is 19.5 Å². The van der Waals surface area contributed by atoms with Crippen molar-refractivity contribution in [1.29, 1.82) is 0 Å². The van der Waals surface area contributed by atoms with Gasteiger partial charge >= 0.3 is 5.63 Å². The van der Waals surface area contributed by atoms with Gasteiger partial charge in [-0.2, -0.15) is 0 Å². The van der Waals surface area contributed by atoms with Gasteiger partial charge in [-0.25, -0.2) is 13.6 Å². The fourth-order valence-corrected chi connectivity index (χ4v) is 2.53. The van der Waals surface area contributed by atoms with Gasteiger partial charge in [0.05, 0.1) is 0 Å². The fraction of sp³-hybridized carbons (Fsp3) is 0.167. The largest absolute Gasteiger partial charge is 0.508 e. The first-order valence-corrected chi connectivity index (χ1v) is 7.38. The highest BCUT2D eigenvalue weighted by Gasteiger charge is 2.11. The van der Waals surface area contributed by atoms with E-state index in [2.05, 4.69) is 5.32 Å². The Morgan fingerprint density at radius 3 is 2.67 bits per heavy atom. The normalized spacial score (nSPS) is 12.5. The molecule has 0 aliphatic heterocycles. The van der Waals surface area contributed by atoms with Crippen LogP contribution in [0.15, 0.2) is 51.7 Å². The molecular weight excluding hydrogens is 316 g/mol. The Hall–Kier alpha value is -2.73. The van der Waals surface area contributed by atoms with E-state index in [0.29, 0.717) is 28.6 Å². The van der Waals surface area contributed by atoms with Gasteiger partial charge in [0.2, 0.25) is 0 Å². The zero-order chi connectivity index (χ0) is 17.3. The Balaban J connectivity index is 1.85. The highest BCUT2D eigenvalue weighted by molar-refractivity contribution is 5.81. The van der Waals surface area contributed by atoms with Gasteiger partial charge in [0.1, 0.15) is 11.3 Å². The molecule has 0 saturated carbocycles. The minimum Gasteiger partial charge on any atom is -0.508 e. The summed E-state index contributed by atoms with van der Waals surface area (Å²) in [5.41, 5.74) is 1.06. The minimum atomic E-state index is -0.901. The molecule has 24 heavy (non-hydrogen) atoms. The number of phenolic OH excluding ortho intramolecular Hbond substituents is 1. The van der Waals surface area contributed by atoms with Gasteiger partial charge in [0.15, 0.2) is 11.6 Å². The van der Waals surface area contributed by atoms with Crippen molar-refractivity contribution in [2.24, 2.45) is 0 Å². The first-order chi connectivity index (χ1) is 11.4. The van der Waals surface area contributed by atoms with Crippen molar-refractivity contribution in [3.8, 4) is 5.75 Å². The summed E-state index contributed by atoms with van der Waals surface area (Å²) >= 11 is 0. The van der Waals surface area contributed by atoms with Crippen molar-refractivity contribution in [1.82, 2.24) is 5.32 Å². The molecule has 1 atom stereocenters. The molecule has 0 unspecified atom stereocenters. The maximum absolute atomic E-state index is 13.3. The number of hydrogen-bond donors (Lipinski definition) is 2. The molecule has 2 N–H and O–H groups in total. The van der Waals surface area contributed by atoms with Gasteiger partial charge in [-0.05, 0) is 42.3 Å². The predicted octanol–water partition coefficient (Wildman–Crippen LogP) is 3.63. The van der Waals surface area contributed by atoms with Crippen LogP contribution in [0.1, 0.15) is 24.1 Å². The summed E-state index contributed by atoms with van der Waals surface area (Å²) in [4.78, 5) is 11.6. The number of rotatable bonds is 4. The summed E-state index contributed by atoms with van der Waals surface area (Å²) in [6, 6.07) is 9.38. The number of halogens is 2. The summed E-state index contributed by atoms with van der Waals surface area (Å²) < 4.78 is 31.4. The number of aromatic hydroxyl groups is 1. The van der Waals surface area contributed by atoms with Crippen molar-refractivity contribution >= 4 is 11.0 Å². The second-order valence-corrected chi connectivity index (χ2v) is 5.55. The van der Waals surface area contributed by atoms with Gasteiger partial charge < -0.3 is 14.8 Å². The fourth-order valence-electron chi connectivity index (χ4n) is 2.53. The number of benzene rings is 2. The van der Waals surface area contributed by atoms with Crippen molar-refractivity contribution in [3.05, 3.63) is 75.6 Å². The minimum absolute atomic E-state index is 0.00548. The Kier molecular flexibility index (Phi) is 4.31. The molecule has 1 heterocycles. The lowest BCUT2D eigenvalue weighted by atomic mass is 10.1. The van der Waals surface area contributed by atoms with Crippen LogP contribution in [0.3, 0.4) is 0 Å². The molecule has 0 radical (unpaired) electrons. The summed E-state index contributed by atoms with van der Waals surface area (Å²) in [5.74, 6) is -1.79. The molecule has 4 nitrogen and oxygen atoms in total. The molecule has 0 saturated heterocycles. The summed E-state index contributed by atoms with van der Waals surface area (Å²) in [6.45, 7) is 2.14. The van der Waals surface area contributed by atoms with Gasteiger partial charge in [-0.15, -0.1) is 0 Å². The van der Waals surface area contributed by atoms with E-state index in [0.717, 1.165) is 12.1 Å². The van der Waals surface area contributed by atoms with E-state index in [9.17, 15) is 18.7 Å². The maximum Gasteiger partial charge on any atom is 0.336 e. The Labute approximate surface area is 136 Å². The maximum atomic E-state index is 13.3. The van der Waals surface area contributed by atoms with Crippen LogP contribution in [0.4, 0.5) is 8.78 Å². The third-order valence-corrected chi connectivity index (χ3v) is 3.86. The molecule has 6 heteroatoms. The van der Waals surface area contributed by atoms with Crippen LogP contribution in [0.25, 0.3) is 11.0 Å². The van der Waals surface area contributed by atoms with E-state index in [4.69, 9.17) is 4.42 Å². The quantitative estimate of drug-likeness (QED) is 0.717. The standard InChI is InChI=1S/C18H15F2NO3/c1-10(11-2-5-15(19)16(20)6-11)21-9-12-7-18(23)24-17-8-13(22)3-4-14(12)17/h2-8,10,21-22H,9H2,1H3/t10-/m0/s1. The van der Waals surface area contributed by atoms with Crippen LogP contribution >= 0.6 is 0 Å². The first kappa shape index (κ1) is 16.1. The third kappa shape index (κ3) is 3.28. The lowest BCUT2D eigenvalue weighted by molar-refractivity contribution is 0.473.